The summed E-state index contributed by atoms with van der Waals surface area (Å²) in [5.74, 6) is 1.27. The number of carbonyl (C=O) groups is 1. The summed E-state index contributed by atoms with van der Waals surface area (Å²) in [7, 11) is 1.53. The van der Waals surface area contributed by atoms with Gasteiger partial charge in [0.15, 0.2) is 5.76 Å². The third-order valence-electron chi connectivity index (χ3n) is 5.53. The van der Waals surface area contributed by atoms with Gasteiger partial charge in [-0.25, -0.2) is 4.79 Å². The summed E-state index contributed by atoms with van der Waals surface area (Å²) >= 11 is 0. The van der Waals surface area contributed by atoms with Gasteiger partial charge in [-0.15, -0.1) is 0 Å². The van der Waals surface area contributed by atoms with E-state index in [1.54, 1.807) is 36.4 Å². The van der Waals surface area contributed by atoms with Crippen LogP contribution < -0.4 is 15.4 Å². The molecule has 1 saturated heterocycles. The molecule has 1 aromatic heterocycles. The number of aliphatic hydroxyl groups excluding tert-OH is 1. The Hall–Kier alpha value is -3.56. The summed E-state index contributed by atoms with van der Waals surface area (Å²) < 4.78 is 16.7. The summed E-state index contributed by atoms with van der Waals surface area (Å²) in [4.78, 5) is 12.3. The maximum absolute atomic E-state index is 12.3. The Bertz CT molecular complexity index is 1090. The van der Waals surface area contributed by atoms with E-state index in [0.29, 0.717) is 36.5 Å². The summed E-state index contributed by atoms with van der Waals surface area (Å²) in [6.07, 6.45) is 0.359. The zero-order valence-electron chi connectivity index (χ0n) is 18.2. The average Bonchev–Trinajstić information content (AvgIpc) is 3.28. The first kappa shape index (κ1) is 22.6. The molecule has 0 saturated carbocycles. The second-order valence-electron chi connectivity index (χ2n) is 7.91. The highest BCUT2D eigenvalue weighted by atomic mass is 16.5. The topological polar surface area (TPSA) is 126 Å². The van der Waals surface area contributed by atoms with Crippen LogP contribution in [0.2, 0.25) is 0 Å². The molecular weight excluding hydrogens is 426 g/mol. The van der Waals surface area contributed by atoms with Gasteiger partial charge in [0.2, 0.25) is 0 Å². The lowest BCUT2D eigenvalue weighted by Gasteiger charge is -2.33. The molecule has 33 heavy (non-hydrogen) atoms. The number of nitrogens with zero attached hydrogens (tertiary/aromatic N) is 1. The number of amides is 2. The molecule has 1 aliphatic rings. The van der Waals surface area contributed by atoms with E-state index in [1.807, 2.05) is 18.2 Å². The van der Waals surface area contributed by atoms with Crippen LogP contribution >= 0.6 is 0 Å². The van der Waals surface area contributed by atoms with Crippen molar-refractivity contribution in [3.05, 3.63) is 60.3 Å². The van der Waals surface area contributed by atoms with Gasteiger partial charge in [-0.1, -0.05) is 29.4 Å². The van der Waals surface area contributed by atoms with Crippen molar-refractivity contribution in [2.45, 2.75) is 37.6 Å². The first-order valence-electron chi connectivity index (χ1n) is 10.8. The molecule has 0 radical (unpaired) electrons. The highest BCUT2D eigenvalue weighted by Crippen LogP contribution is 2.27. The Kier molecular flexibility index (Phi) is 7.11. The number of urea groups is 1. The zero-order valence-corrected chi connectivity index (χ0v) is 18.2. The Morgan fingerprint density at radius 2 is 2.03 bits per heavy atom. The number of hydrogen-bond donors (Lipinski definition) is 4. The number of phenolic OH excluding ortho intramolecular Hbond substituents is 1. The molecule has 0 aliphatic carbocycles. The summed E-state index contributed by atoms with van der Waals surface area (Å²) in [5.41, 5.74) is 2.00. The molecule has 0 spiro atoms. The fraction of sp³-hybridized carbons (Fsp3) is 0.333. The van der Waals surface area contributed by atoms with Crippen LogP contribution in [0.3, 0.4) is 0 Å². The van der Waals surface area contributed by atoms with Crippen molar-refractivity contribution in [1.82, 2.24) is 10.5 Å². The van der Waals surface area contributed by atoms with Crippen molar-refractivity contribution in [1.29, 1.82) is 0 Å². The summed E-state index contributed by atoms with van der Waals surface area (Å²) in [5, 5.41) is 29.6. The SMILES string of the molecule is COc1ccccc1NC(=O)NC[C@H]1O[C@H](Cc2cc(-c3cccc(O)c3)on2)CC[C@@H]1O. The molecule has 3 aromatic rings. The van der Waals surface area contributed by atoms with Crippen LogP contribution in [-0.4, -0.2) is 53.4 Å². The van der Waals surface area contributed by atoms with Gasteiger partial charge >= 0.3 is 6.03 Å². The lowest BCUT2D eigenvalue weighted by molar-refractivity contribution is -0.113. The van der Waals surface area contributed by atoms with Gasteiger partial charge in [-0.3, -0.25) is 0 Å². The van der Waals surface area contributed by atoms with Gasteiger partial charge in [-0.2, -0.15) is 0 Å². The number of aliphatic hydroxyl groups is 1. The van der Waals surface area contributed by atoms with E-state index in [9.17, 15) is 15.0 Å². The van der Waals surface area contributed by atoms with Gasteiger partial charge in [0.1, 0.15) is 17.6 Å². The van der Waals surface area contributed by atoms with Crippen molar-refractivity contribution in [3.8, 4) is 22.8 Å². The lowest BCUT2D eigenvalue weighted by Crippen LogP contribution is -2.47. The number of carbonyl (C=O) groups excluding carboxylic acids is 1. The Morgan fingerprint density at radius 3 is 2.85 bits per heavy atom. The standard InChI is InChI=1S/C24H27N3O6/c1-31-21-8-3-2-7-19(21)26-24(30)25-14-23-20(29)10-9-18(32-23)12-16-13-22(33-27-16)15-5-4-6-17(28)11-15/h2-8,11,13,18,20,23,28-29H,9-10,12,14H2,1H3,(H2,25,26,30)/t18-,20-,23+/m0/s1. The fourth-order valence-electron chi connectivity index (χ4n) is 3.83. The molecule has 4 N–H and O–H groups in total. The maximum atomic E-state index is 12.3. The lowest BCUT2D eigenvalue weighted by atomic mass is 9.98. The third kappa shape index (κ3) is 5.82. The molecule has 0 bridgehead atoms. The van der Waals surface area contributed by atoms with Gasteiger partial charge in [0.25, 0.3) is 0 Å². The van der Waals surface area contributed by atoms with Crippen LogP contribution in [0.15, 0.2) is 59.1 Å². The number of aromatic nitrogens is 1. The van der Waals surface area contributed by atoms with Crippen LogP contribution in [0.5, 0.6) is 11.5 Å². The third-order valence-corrected chi connectivity index (χ3v) is 5.53. The molecule has 9 heteroatoms. The van der Waals surface area contributed by atoms with E-state index < -0.39 is 18.2 Å². The van der Waals surface area contributed by atoms with E-state index in [4.69, 9.17) is 14.0 Å². The van der Waals surface area contributed by atoms with Crippen molar-refractivity contribution >= 4 is 11.7 Å². The Morgan fingerprint density at radius 1 is 1.18 bits per heavy atom. The summed E-state index contributed by atoms with van der Waals surface area (Å²) in [6.45, 7) is 0.159. The minimum Gasteiger partial charge on any atom is -0.508 e. The molecule has 4 rings (SSSR count). The van der Waals surface area contributed by atoms with Crippen LogP contribution in [0.4, 0.5) is 10.5 Å². The number of phenols is 1. The summed E-state index contributed by atoms with van der Waals surface area (Å²) in [6, 6.07) is 15.3. The Balaban J connectivity index is 1.30. The van der Waals surface area contributed by atoms with Crippen molar-refractivity contribution < 1.29 is 29.0 Å². The van der Waals surface area contributed by atoms with Crippen LogP contribution in [-0.2, 0) is 11.2 Å². The van der Waals surface area contributed by atoms with Gasteiger partial charge < -0.3 is 34.8 Å². The molecule has 9 nitrogen and oxygen atoms in total. The Labute approximate surface area is 191 Å². The number of nitrogens with one attached hydrogen (secondary N) is 2. The predicted molar refractivity (Wildman–Crippen MR) is 121 cm³/mol. The quantitative estimate of drug-likeness (QED) is 0.432. The molecular formula is C24H27N3O6. The van der Waals surface area contributed by atoms with Crippen molar-refractivity contribution in [3.63, 3.8) is 0 Å². The number of methoxy groups -OCH3 is 1. The number of rotatable bonds is 7. The van der Waals surface area contributed by atoms with Crippen LogP contribution in [0.25, 0.3) is 11.3 Å². The number of benzene rings is 2. The molecule has 2 aromatic carbocycles. The van der Waals surface area contributed by atoms with Gasteiger partial charge in [0.05, 0.1) is 30.7 Å². The molecule has 0 unspecified atom stereocenters. The number of aromatic hydroxyl groups is 1. The first-order valence-corrected chi connectivity index (χ1v) is 10.8. The smallest absolute Gasteiger partial charge is 0.319 e. The monoisotopic (exact) mass is 453 g/mol. The largest absolute Gasteiger partial charge is 0.508 e. The number of anilines is 1. The second-order valence-corrected chi connectivity index (χ2v) is 7.91. The first-order chi connectivity index (χ1) is 16.0. The average molecular weight is 453 g/mol. The molecule has 1 fully saturated rings. The molecule has 174 valence electrons. The highest BCUT2D eigenvalue weighted by molar-refractivity contribution is 5.90. The highest BCUT2D eigenvalue weighted by Gasteiger charge is 2.31. The normalized spacial score (nSPS) is 20.2. The molecule has 2 heterocycles. The second kappa shape index (κ2) is 10.4. The zero-order chi connectivity index (χ0) is 23.2. The number of para-hydroxylation sites is 2. The van der Waals surface area contributed by atoms with Crippen LogP contribution in [0.1, 0.15) is 18.5 Å². The molecule has 2 amide bonds. The predicted octanol–water partition coefficient (Wildman–Crippen LogP) is 3.33. The number of hydrogen-bond acceptors (Lipinski definition) is 7. The minimum absolute atomic E-state index is 0.153. The van der Waals surface area contributed by atoms with E-state index in [2.05, 4.69) is 15.8 Å². The van der Waals surface area contributed by atoms with E-state index in [0.717, 1.165) is 11.3 Å². The fourth-order valence-corrected chi connectivity index (χ4v) is 3.83. The van der Waals surface area contributed by atoms with Crippen LogP contribution in [0, 0.1) is 0 Å². The number of ether oxygens (including phenoxy) is 2. The van der Waals surface area contributed by atoms with E-state index >= 15 is 0 Å². The molecule has 3 atom stereocenters. The molecule has 1 aliphatic heterocycles. The minimum atomic E-state index is -0.673. The van der Waals surface area contributed by atoms with Gasteiger partial charge in [-0.05, 0) is 37.1 Å². The van der Waals surface area contributed by atoms with E-state index in [1.165, 1.54) is 7.11 Å². The van der Waals surface area contributed by atoms with Crippen molar-refractivity contribution in [2.24, 2.45) is 0 Å². The maximum Gasteiger partial charge on any atom is 0.319 e. The van der Waals surface area contributed by atoms with Crippen molar-refractivity contribution in [2.75, 3.05) is 19.0 Å². The van der Waals surface area contributed by atoms with E-state index in [-0.39, 0.29) is 18.4 Å². The van der Waals surface area contributed by atoms with Gasteiger partial charge in [0, 0.05) is 24.6 Å².